The van der Waals surface area contributed by atoms with Crippen LogP contribution in [0.5, 0.6) is 0 Å². The zero-order chi connectivity index (χ0) is 18.9. The van der Waals surface area contributed by atoms with Crippen LogP contribution in [-0.2, 0) is 10.9 Å². The molecule has 1 fully saturated rings. The normalized spacial score (nSPS) is 17.2. The van der Waals surface area contributed by atoms with E-state index < -0.39 is 29.9 Å². The molecule has 26 heavy (non-hydrogen) atoms. The fraction of sp³-hybridized carbons (Fsp3) is 0.286. The summed E-state index contributed by atoms with van der Waals surface area (Å²) >= 11 is 0. The largest absolute Gasteiger partial charge is 0.444 e. The molecule has 2 aromatic rings. The van der Waals surface area contributed by atoms with Gasteiger partial charge in [0.2, 0.25) is 0 Å². The third kappa shape index (κ3) is 3.40. The summed E-state index contributed by atoms with van der Waals surface area (Å²) in [4.78, 5) is 15.5. The van der Waals surface area contributed by atoms with Gasteiger partial charge in [-0.2, -0.15) is 18.3 Å². The first-order valence-electron chi connectivity index (χ1n) is 7.21. The lowest BCUT2D eigenvalue weighted by atomic mass is 10.2. The first kappa shape index (κ1) is 17.5. The van der Waals surface area contributed by atoms with E-state index in [0.717, 1.165) is 27.9 Å². The Morgan fingerprint density at radius 1 is 1.38 bits per heavy atom. The second-order valence-corrected chi connectivity index (χ2v) is 5.31. The van der Waals surface area contributed by atoms with Gasteiger partial charge in [0.25, 0.3) is 0 Å². The van der Waals surface area contributed by atoms with Crippen molar-refractivity contribution >= 4 is 11.8 Å². The summed E-state index contributed by atoms with van der Waals surface area (Å²) in [6.45, 7) is -0.0105. The second kappa shape index (κ2) is 6.56. The van der Waals surface area contributed by atoms with E-state index in [0.29, 0.717) is 0 Å². The van der Waals surface area contributed by atoms with E-state index in [1.807, 2.05) is 0 Å². The molecule has 1 amide bonds. The van der Waals surface area contributed by atoms with Crippen molar-refractivity contribution < 1.29 is 27.1 Å². The molecular formula is C14H10F4N6O2. The number of halogens is 4. The van der Waals surface area contributed by atoms with Crippen LogP contribution in [0.25, 0.3) is 16.1 Å². The van der Waals surface area contributed by atoms with Crippen molar-refractivity contribution in [3.8, 4) is 5.69 Å². The Morgan fingerprint density at radius 3 is 2.77 bits per heavy atom. The maximum absolute atomic E-state index is 14.3. The van der Waals surface area contributed by atoms with Crippen LogP contribution in [0.4, 0.5) is 28.0 Å². The Balaban J connectivity index is 1.83. The number of hydrogen-bond donors (Lipinski definition) is 0. The van der Waals surface area contributed by atoms with Crippen molar-refractivity contribution in [2.75, 3.05) is 18.0 Å². The highest BCUT2D eigenvalue weighted by Gasteiger charge is 2.34. The number of cyclic esters (lactones) is 1. The maximum Gasteiger partial charge on any atom is 0.435 e. The third-order valence-electron chi connectivity index (χ3n) is 3.59. The first-order valence-corrected chi connectivity index (χ1v) is 7.21. The minimum Gasteiger partial charge on any atom is -0.444 e. The average Bonchev–Trinajstić information content (AvgIpc) is 3.19. The Hall–Kier alpha value is -3.27. The minimum atomic E-state index is -4.64. The molecule has 0 aliphatic carbocycles. The predicted octanol–water partition coefficient (Wildman–Crippen LogP) is 3.67. The SMILES string of the molecule is [N-]=[N+]=NC[C@H]1CN(c2ccc(-n3ccc(C(F)(F)F)n3)c(F)c2)C(=O)O1. The van der Waals surface area contributed by atoms with E-state index >= 15 is 0 Å². The van der Waals surface area contributed by atoms with Gasteiger partial charge in [-0.05, 0) is 29.8 Å². The second-order valence-electron chi connectivity index (χ2n) is 5.31. The predicted molar refractivity (Wildman–Crippen MR) is 80.2 cm³/mol. The zero-order valence-electron chi connectivity index (χ0n) is 12.9. The Bertz CT molecular complexity index is 890. The lowest BCUT2D eigenvalue weighted by Gasteiger charge is -2.14. The number of nitrogens with zero attached hydrogens (tertiary/aromatic N) is 6. The monoisotopic (exact) mass is 370 g/mol. The number of carbonyl (C=O) groups is 1. The van der Waals surface area contributed by atoms with E-state index in [1.54, 1.807) is 0 Å². The van der Waals surface area contributed by atoms with Crippen LogP contribution in [0, 0.1) is 5.82 Å². The highest BCUT2D eigenvalue weighted by atomic mass is 19.4. The van der Waals surface area contributed by atoms with E-state index in [4.69, 9.17) is 10.3 Å². The van der Waals surface area contributed by atoms with Crippen molar-refractivity contribution in [1.82, 2.24) is 9.78 Å². The van der Waals surface area contributed by atoms with Gasteiger partial charge in [0.15, 0.2) is 11.5 Å². The van der Waals surface area contributed by atoms with Gasteiger partial charge in [0.05, 0.1) is 18.8 Å². The fourth-order valence-electron chi connectivity index (χ4n) is 2.41. The van der Waals surface area contributed by atoms with Gasteiger partial charge < -0.3 is 4.74 Å². The van der Waals surface area contributed by atoms with Gasteiger partial charge in [0.1, 0.15) is 11.8 Å². The van der Waals surface area contributed by atoms with Crippen LogP contribution in [0.3, 0.4) is 0 Å². The lowest BCUT2D eigenvalue weighted by Crippen LogP contribution is -2.25. The topological polar surface area (TPSA) is 96.1 Å². The quantitative estimate of drug-likeness (QED) is 0.355. The van der Waals surface area contributed by atoms with E-state index in [9.17, 15) is 22.4 Å². The van der Waals surface area contributed by atoms with Gasteiger partial charge in [-0.25, -0.2) is 13.9 Å². The van der Waals surface area contributed by atoms with Gasteiger partial charge in [0, 0.05) is 11.1 Å². The molecule has 0 spiro atoms. The summed E-state index contributed by atoms with van der Waals surface area (Å²) in [5.74, 6) is -0.870. The molecule has 1 aromatic carbocycles. The van der Waals surface area contributed by atoms with Crippen LogP contribution in [0.1, 0.15) is 5.69 Å². The van der Waals surface area contributed by atoms with Gasteiger partial charge in [-0.1, -0.05) is 5.11 Å². The number of rotatable bonds is 4. The molecule has 1 aromatic heterocycles. The van der Waals surface area contributed by atoms with Gasteiger partial charge >= 0.3 is 12.3 Å². The lowest BCUT2D eigenvalue weighted by molar-refractivity contribution is -0.141. The molecule has 2 heterocycles. The molecule has 0 N–H and O–H groups in total. The van der Waals surface area contributed by atoms with Crippen LogP contribution < -0.4 is 4.90 Å². The summed E-state index contributed by atoms with van der Waals surface area (Å²) in [5.41, 5.74) is 7.08. The van der Waals surface area contributed by atoms with Crippen molar-refractivity contribution in [3.05, 3.63) is 52.4 Å². The van der Waals surface area contributed by atoms with E-state index in [1.165, 1.54) is 12.1 Å². The molecule has 1 aliphatic heterocycles. The van der Waals surface area contributed by atoms with Crippen molar-refractivity contribution in [3.63, 3.8) is 0 Å². The minimum absolute atomic E-state index is 0.0522. The van der Waals surface area contributed by atoms with Crippen molar-refractivity contribution in [2.24, 2.45) is 5.11 Å². The summed E-state index contributed by atoms with van der Waals surface area (Å²) in [6, 6.07) is 4.27. The molecule has 1 aliphatic rings. The molecule has 1 saturated heterocycles. The molecule has 0 bridgehead atoms. The van der Waals surface area contributed by atoms with Crippen LogP contribution >= 0.6 is 0 Å². The van der Waals surface area contributed by atoms with E-state index in [2.05, 4.69) is 15.1 Å². The summed E-state index contributed by atoms with van der Waals surface area (Å²) in [5, 5.41) is 6.61. The number of aromatic nitrogens is 2. The maximum atomic E-state index is 14.3. The number of alkyl halides is 3. The molecular weight excluding hydrogens is 360 g/mol. The number of amides is 1. The van der Waals surface area contributed by atoms with Crippen molar-refractivity contribution in [2.45, 2.75) is 12.3 Å². The molecule has 0 saturated carbocycles. The number of azide groups is 1. The van der Waals surface area contributed by atoms with Crippen LogP contribution in [-0.4, -0.2) is 35.1 Å². The Labute approximate surface area is 143 Å². The molecule has 12 heteroatoms. The first-order chi connectivity index (χ1) is 12.3. The standard InChI is InChI=1S/C14H10F4N6O2/c15-10-5-8(23-7-9(6-20-22-19)26-13(23)25)1-2-11(10)24-4-3-12(21-24)14(16,17)18/h1-5,9H,6-7H2/t9-/m0/s1. The fourth-order valence-corrected chi connectivity index (χ4v) is 2.41. The number of hydrogen-bond acceptors (Lipinski definition) is 4. The van der Waals surface area contributed by atoms with Crippen LogP contribution in [0.2, 0.25) is 0 Å². The number of ether oxygens (including phenoxy) is 1. The molecule has 3 rings (SSSR count). The highest BCUT2D eigenvalue weighted by molar-refractivity contribution is 5.89. The zero-order valence-corrected chi connectivity index (χ0v) is 12.9. The van der Waals surface area contributed by atoms with Gasteiger partial charge in [-0.15, -0.1) is 0 Å². The highest BCUT2D eigenvalue weighted by Crippen LogP contribution is 2.29. The number of benzene rings is 1. The third-order valence-corrected chi connectivity index (χ3v) is 3.59. The summed E-state index contributed by atoms with van der Waals surface area (Å²) < 4.78 is 57.9. The molecule has 8 nitrogen and oxygen atoms in total. The molecule has 0 radical (unpaired) electrons. The molecule has 136 valence electrons. The number of anilines is 1. The van der Waals surface area contributed by atoms with Crippen molar-refractivity contribution in [1.29, 1.82) is 0 Å². The van der Waals surface area contributed by atoms with E-state index in [-0.39, 0.29) is 24.5 Å². The molecule has 0 unspecified atom stereocenters. The summed E-state index contributed by atoms with van der Waals surface area (Å²) in [7, 11) is 0. The Kier molecular flexibility index (Phi) is 4.43. The van der Waals surface area contributed by atoms with Gasteiger partial charge in [-0.3, -0.25) is 4.90 Å². The number of carbonyl (C=O) groups excluding carboxylic acids is 1. The Morgan fingerprint density at radius 2 is 2.15 bits per heavy atom. The smallest absolute Gasteiger partial charge is 0.435 e. The average molecular weight is 370 g/mol. The van der Waals surface area contributed by atoms with Crippen LogP contribution in [0.15, 0.2) is 35.6 Å². The molecule has 1 atom stereocenters. The summed E-state index contributed by atoms with van der Waals surface area (Å²) in [6.07, 6.45) is -5.06.